The lowest BCUT2D eigenvalue weighted by Gasteiger charge is -2.17. The van der Waals surface area contributed by atoms with Crippen molar-refractivity contribution in [1.29, 1.82) is 5.26 Å². The van der Waals surface area contributed by atoms with Gasteiger partial charge in [-0.25, -0.2) is 0 Å². The van der Waals surface area contributed by atoms with Crippen LogP contribution in [0.1, 0.15) is 39.2 Å². The first-order chi connectivity index (χ1) is 8.02. The third-order valence-corrected chi connectivity index (χ3v) is 3.17. The summed E-state index contributed by atoms with van der Waals surface area (Å²) in [5.74, 6) is 0.720. The molecule has 0 aromatic heterocycles. The van der Waals surface area contributed by atoms with Crippen LogP contribution in [0.2, 0.25) is 0 Å². The van der Waals surface area contributed by atoms with E-state index >= 15 is 0 Å². The second-order valence-corrected chi connectivity index (χ2v) is 5.73. The molecule has 92 valence electrons. The van der Waals surface area contributed by atoms with Gasteiger partial charge in [0.1, 0.15) is 6.07 Å². The van der Waals surface area contributed by atoms with Crippen molar-refractivity contribution in [2.24, 2.45) is 5.92 Å². The molecular weight excluding hydrogens is 276 g/mol. The molecule has 3 heteroatoms. The fourth-order valence-corrected chi connectivity index (χ4v) is 2.02. The molecule has 1 atom stereocenters. The smallest absolute Gasteiger partial charge is 0.101 e. The number of nitrogens with one attached hydrogen (secondary N) is 1. The molecule has 0 aliphatic rings. The molecule has 1 unspecified atom stereocenters. The lowest BCUT2D eigenvalue weighted by Crippen LogP contribution is -2.16. The Labute approximate surface area is 112 Å². The van der Waals surface area contributed by atoms with Gasteiger partial charge >= 0.3 is 0 Å². The molecule has 0 aliphatic carbocycles. The maximum Gasteiger partial charge on any atom is 0.101 e. The topological polar surface area (TPSA) is 35.8 Å². The average Bonchev–Trinajstić information content (AvgIpc) is 2.27. The Morgan fingerprint density at radius 2 is 2.00 bits per heavy atom. The minimum atomic E-state index is 0.388. The van der Waals surface area contributed by atoms with Crippen LogP contribution in [-0.4, -0.2) is 6.04 Å². The minimum absolute atomic E-state index is 0.388. The van der Waals surface area contributed by atoms with E-state index in [-0.39, 0.29) is 0 Å². The van der Waals surface area contributed by atoms with Crippen LogP contribution < -0.4 is 5.32 Å². The van der Waals surface area contributed by atoms with Gasteiger partial charge < -0.3 is 5.32 Å². The van der Waals surface area contributed by atoms with Crippen molar-refractivity contribution in [1.82, 2.24) is 0 Å². The molecule has 1 aromatic carbocycles. The average molecular weight is 295 g/mol. The molecular formula is C14H19BrN2. The highest BCUT2D eigenvalue weighted by atomic mass is 79.9. The Balaban J connectivity index is 2.67. The molecule has 0 saturated carbocycles. The molecule has 0 bridgehead atoms. The van der Waals surface area contributed by atoms with E-state index in [4.69, 9.17) is 5.26 Å². The van der Waals surface area contributed by atoms with Crippen molar-refractivity contribution in [3.8, 4) is 6.07 Å². The number of halogens is 1. The van der Waals surface area contributed by atoms with Crippen LogP contribution in [0.3, 0.4) is 0 Å². The molecule has 0 aliphatic heterocycles. The van der Waals surface area contributed by atoms with E-state index in [9.17, 15) is 0 Å². The molecule has 0 heterocycles. The first-order valence-corrected chi connectivity index (χ1v) is 6.78. The summed E-state index contributed by atoms with van der Waals surface area (Å²) in [5.41, 5.74) is 1.61. The van der Waals surface area contributed by atoms with Gasteiger partial charge in [-0.05, 0) is 43.9 Å². The number of nitrogens with zero attached hydrogens (tertiary/aromatic N) is 1. The van der Waals surface area contributed by atoms with Gasteiger partial charge in [-0.1, -0.05) is 29.8 Å². The predicted molar refractivity (Wildman–Crippen MR) is 76.0 cm³/mol. The number of anilines is 1. The van der Waals surface area contributed by atoms with Crippen molar-refractivity contribution in [3.05, 3.63) is 28.2 Å². The van der Waals surface area contributed by atoms with Gasteiger partial charge in [0, 0.05) is 10.5 Å². The fraction of sp³-hybridized carbons (Fsp3) is 0.500. The van der Waals surface area contributed by atoms with E-state index in [2.05, 4.69) is 48.1 Å². The third kappa shape index (κ3) is 4.79. The van der Waals surface area contributed by atoms with Crippen molar-refractivity contribution in [2.75, 3.05) is 5.32 Å². The normalized spacial score (nSPS) is 12.2. The lowest BCUT2D eigenvalue weighted by atomic mass is 10.0. The van der Waals surface area contributed by atoms with E-state index in [1.54, 1.807) is 0 Å². The van der Waals surface area contributed by atoms with Crippen LogP contribution in [0.4, 0.5) is 5.69 Å². The highest BCUT2D eigenvalue weighted by Gasteiger charge is 2.07. The standard InChI is InChI=1S/C14H19BrN2/c1-10(2)4-5-11(3)17-14-8-13(15)7-6-12(14)9-16/h6-8,10-11,17H,4-5H2,1-3H3. The number of benzene rings is 1. The van der Waals surface area contributed by atoms with Crippen molar-refractivity contribution >= 4 is 21.6 Å². The Morgan fingerprint density at radius 1 is 1.29 bits per heavy atom. The molecule has 17 heavy (non-hydrogen) atoms. The third-order valence-electron chi connectivity index (χ3n) is 2.68. The molecule has 1 N–H and O–H groups in total. The first kappa shape index (κ1) is 14.1. The Kier molecular flexibility index (Phi) is 5.50. The summed E-state index contributed by atoms with van der Waals surface area (Å²) < 4.78 is 0.995. The van der Waals surface area contributed by atoms with Crippen LogP contribution in [0.25, 0.3) is 0 Å². The van der Waals surface area contributed by atoms with Crippen molar-refractivity contribution in [3.63, 3.8) is 0 Å². The predicted octanol–water partition coefficient (Wildman–Crippen LogP) is 4.56. The van der Waals surface area contributed by atoms with Crippen LogP contribution >= 0.6 is 15.9 Å². The number of rotatable bonds is 5. The van der Waals surface area contributed by atoms with Gasteiger partial charge in [0.25, 0.3) is 0 Å². The highest BCUT2D eigenvalue weighted by molar-refractivity contribution is 9.10. The molecule has 0 fully saturated rings. The maximum absolute atomic E-state index is 9.04. The highest BCUT2D eigenvalue weighted by Crippen LogP contribution is 2.22. The second kappa shape index (κ2) is 6.66. The van der Waals surface area contributed by atoms with Crippen LogP contribution in [0.5, 0.6) is 0 Å². The van der Waals surface area contributed by atoms with E-state index in [0.717, 1.165) is 22.5 Å². The zero-order valence-electron chi connectivity index (χ0n) is 10.6. The summed E-state index contributed by atoms with van der Waals surface area (Å²) in [7, 11) is 0. The maximum atomic E-state index is 9.04. The van der Waals surface area contributed by atoms with E-state index in [1.807, 2.05) is 18.2 Å². The van der Waals surface area contributed by atoms with E-state index in [0.29, 0.717) is 11.6 Å². The quantitative estimate of drug-likeness (QED) is 0.864. The summed E-state index contributed by atoms with van der Waals surface area (Å²) in [6, 6.07) is 8.29. The fourth-order valence-electron chi connectivity index (χ4n) is 1.65. The molecule has 0 radical (unpaired) electrons. The molecule has 0 amide bonds. The molecule has 0 spiro atoms. The molecule has 1 rings (SSSR count). The summed E-state index contributed by atoms with van der Waals surface area (Å²) in [4.78, 5) is 0. The SMILES string of the molecule is CC(C)CCC(C)Nc1cc(Br)ccc1C#N. The first-order valence-electron chi connectivity index (χ1n) is 5.99. The Bertz CT molecular complexity index is 407. The van der Waals surface area contributed by atoms with Gasteiger partial charge in [0.05, 0.1) is 11.3 Å². The summed E-state index contributed by atoms with van der Waals surface area (Å²) in [6.45, 7) is 6.61. The summed E-state index contributed by atoms with van der Waals surface area (Å²) in [6.07, 6.45) is 2.32. The van der Waals surface area contributed by atoms with Crippen molar-refractivity contribution in [2.45, 2.75) is 39.7 Å². The zero-order valence-corrected chi connectivity index (χ0v) is 12.2. The van der Waals surface area contributed by atoms with E-state index < -0.39 is 0 Å². The molecule has 2 nitrogen and oxygen atoms in total. The van der Waals surface area contributed by atoms with Crippen LogP contribution in [-0.2, 0) is 0 Å². The molecule has 1 aromatic rings. The van der Waals surface area contributed by atoms with Gasteiger partial charge in [-0.3, -0.25) is 0 Å². The van der Waals surface area contributed by atoms with Gasteiger partial charge in [0.2, 0.25) is 0 Å². The number of nitriles is 1. The van der Waals surface area contributed by atoms with Crippen molar-refractivity contribution < 1.29 is 0 Å². The minimum Gasteiger partial charge on any atom is -0.381 e. The lowest BCUT2D eigenvalue weighted by molar-refractivity contribution is 0.527. The largest absolute Gasteiger partial charge is 0.381 e. The number of hydrogen-bond donors (Lipinski definition) is 1. The number of hydrogen-bond acceptors (Lipinski definition) is 2. The van der Waals surface area contributed by atoms with Gasteiger partial charge in [-0.2, -0.15) is 5.26 Å². The summed E-state index contributed by atoms with van der Waals surface area (Å²) in [5, 5.41) is 12.4. The zero-order chi connectivity index (χ0) is 12.8. The molecule has 0 saturated heterocycles. The van der Waals surface area contributed by atoms with Crippen LogP contribution in [0.15, 0.2) is 22.7 Å². The summed E-state index contributed by atoms with van der Waals surface area (Å²) >= 11 is 3.43. The Hall–Kier alpha value is -1.01. The van der Waals surface area contributed by atoms with E-state index in [1.165, 1.54) is 6.42 Å². The van der Waals surface area contributed by atoms with Gasteiger partial charge in [0.15, 0.2) is 0 Å². The Morgan fingerprint density at radius 3 is 2.59 bits per heavy atom. The van der Waals surface area contributed by atoms with Crippen LogP contribution in [0, 0.1) is 17.2 Å². The van der Waals surface area contributed by atoms with Gasteiger partial charge in [-0.15, -0.1) is 0 Å². The second-order valence-electron chi connectivity index (χ2n) is 4.82. The monoisotopic (exact) mass is 294 g/mol.